The molecule has 0 heterocycles. The molecule has 1 amide bonds. The monoisotopic (exact) mass is 257 g/mol. The first-order valence-corrected chi connectivity index (χ1v) is 5.82. The van der Waals surface area contributed by atoms with E-state index in [1.807, 2.05) is 0 Å². The summed E-state index contributed by atoms with van der Waals surface area (Å²) in [4.78, 5) is 11.8. The fourth-order valence-corrected chi connectivity index (χ4v) is 1.48. The molecule has 0 spiro atoms. The zero-order valence-electron chi connectivity index (χ0n) is 9.96. The van der Waals surface area contributed by atoms with Crippen molar-refractivity contribution in [3.63, 3.8) is 0 Å². The number of halogens is 1. The number of ether oxygens (including phenoxy) is 2. The zero-order chi connectivity index (χ0) is 12.7. The van der Waals surface area contributed by atoms with Crippen LogP contribution in [0, 0.1) is 0 Å². The van der Waals surface area contributed by atoms with Gasteiger partial charge in [0.25, 0.3) is 5.91 Å². The first-order chi connectivity index (χ1) is 8.22. The minimum Gasteiger partial charge on any atom is -0.497 e. The van der Waals surface area contributed by atoms with Gasteiger partial charge in [-0.05, 0) is 18.6 Å². The SMILES string of the molecule is COc1ccc(C(=O)NCCCCl)c(OC)c1. The molecule has 0 saturated carbocycles. The summed E-state index contributed by atoms with van der Waals surface area (Å²) < 4.78 is 10.2. The summed E-state index contributed by atoms with van der Waals surface area (Å²) in [5.74, 6) is 1.50. The fraction of sp³-hybridized carbons (Fsp3) is 0.417. The van der Waals surface area contributed by atoms with E-state index in [-0.39, 0.29) is 5.91 Å². The third-order valence-corrected chi connectivity index (χ3v) is 2.52. The highest BCUT2D eigenvalue weighted by Gasteiger charge is 2.12. The van der Waals surface area contributed by atoms with Gasteiger partial charge in [-0.25, -0.2) is 0 Å². The number of carbonyl (C=O) groups is 1. The van der Waals surface area contributed by atoms with Crippen LogP contribution in [0.15, 0.2) is 18.2 Å². The van der Waals surface area contributed by atoms with Crippen LogP contribution in [-0.4, -0.2) is 32.6 Å². The van der Waals surface area contributed by atoms with Crippen LogP contribution >= 0.6 is 11.6 Å². The lowest BCUT2D eigenvalue weighted by Gasteiger charge is -2.10. The smallest absolute Gasteiger partial charge is 0.255 e. The van der Waals surface area contributed by atoms with Crippen LogP contribution < -0.4 is 14.8 Å². The predicted molar refractivity (Wildman–Crippen MR) is 67.2 cm³/mol. The third kappa shape index (κ3) is 3.82. The molecular weight excluding hydrogens is 242 g/mol. The molecule has 0 aliphatic carbocycles. The highest BCUT2D eigenvalue weighted by Crippen LogP contribution is 2.24. The van der Waals surface area contributed by atoms with E-state index in [9.17, 15) is 4.79 Å². The van der Waals surface area contributed by atoms with E-state index in [1.165, 1.54) is 7.11 Å². The maximum atomic E-state index is 11.8. The predicted octanol–water partition coefficient (Wildman–Crippen LogP) is 2.06. The van der Waals surface area contributed by atoms with Gasteiger partial charge in [0.05, 0.1) is 19.8 Å². The average molecular weight is 258 g/mol. The van der Waals surface area contributed by atoms with Gasteiger partial charge in [-0.15, -0.1) is 11.6 Å². The standard InChI is InChI=1S/C12H16ClNO3/c1-16-9-4-5-10(11(8-9)17-2)12(15)14-7-3-6-13/h4-5,8H,3,6-7H2,1-2H3,(H,14,15). The largest absolute Gasteiger partial charge is 0.497 e. The van der Waals surface area contributed by atoms with Crippen LogP contribution in [0.25, 0.3) is 0 Å². The van der Waals surface area contributed by atoms with Gasteiger partial charge in [-0.1, -0.05) is 0 Å². The Bertz CT molecular complexity index is 382. The topological polar surface area (TPSA) is 47.6 Å². The van der Waals surface area contributed by atoms with E-state index < -0.39 is 0 Å². The minimum absolute atomic E-state index is 0.172. The van der Waals surface area contributed by atoms with Crippen LogP contribution in [0.4, 0.5) is 0 Å². The van der Waals surface area contributed by atoms with Gasteiger partial charge in [0, 0.05) is 18.5 Å². The Kier molecular flexibility index (Phi) is 5.63. The Morgan fingerprint density at radius 1 is 1.35 bits per heavy atom. The zero-order valence-corrected chi connectivity index (χ0v) is 10.7. The number of methoxy groups -OCH3 is 2. The normalized spacial score (nSPS) is 9.82. The maximum Gasteiger partial charge on any atom is 0.255 e. The Hall–Kier alpha value is -1.42. The fourth-order valence-electron chi connectivity index (χ4n) is 1.35. The number of alkyl halides is 1. The molecular formula is C12H16ClNO3. The Morgan fingerprint density at radius 3 is 2.71 bits per heavy atom. The molecule has 17 heavy (non-hydrogen) atoms. The molecule has 0 bridgehead atoms. The van der Waals surface area contributed by atoms with E-state index in [0.29, 0.717) is 29.5 Å². The van der Waals surface area contributed by atoms with Gasteiger partial charge >= 0.3 is 0 Å². The summed E-state index contributed by atoms with van der Waals surface area (Å²) in [5, 5.41) is 2.77. The van der Waals surface area contributed by atoms with Gasteiger partial charge in [0.2, 0.25) is 0 Å². The Morgan fingerprint density at radius 2 is 2.12 bits per heavy atom. The summed E-state index contributed by atoms with van der Waals surface area (Å²) in [5.41, 5.74) is 0.489. The summed E-state index contributed by atoms with van der Waals surface area (Å²) in [7, 11) is 3.08. The molecule has 0 fully saturated rings. The molecule has 4 nitrogen and oxygen atoms in total. The van der Waals surface area contributed by atoms with Gasteiger partial charge in [0.15, 0.2) is 0 Å². The molecule has 94 valence electrons. The van der Waals surface area contributed by atoms with Crippen molar-refractivity contribution in [3.05, 3.63) is 23.8 Å². The Balaban J connectivity index is 2.78. The Labute approximate surface area is 106 Å². The molecule has 0 aliphatic heterocycles. The number of benzene rings is 1. The highest BCUT2D eigenvalue weighted by atomic mass is 35.5. The number of carbonyl (C=O) groups excluding carboxylic acids is 1. The van der Waals surface area contributed by atoms with E-state index in [4.69, 9.17) is 21.1 Å². The first-order valence-electron chi connectivity index (χ1n) is 5.29. The molecule has 0 atom stereocenters. The molecule has 0 aliphatic rings. The van der Waals surface area contributed by atoms with Crippen molar-refractivity contribution in [2.75, 3.05) is 26.6 Å². The van der Waals surface area contributed by atoms with Gasteiger partial charge < -0.3 is 14.8 Å². The van der Waals surface area contributed by atoms with Crippen molar-refractivity contribution >= 4 is 17.5 Å². The lowest BCUT2D eigenvalue weighted by molar-refractivity contribution is 0.0950. The molecule has 0 saturated heterocycles. The van der Waals surface area contributed by atoms with Crippen LogP contribution in [0.5, 0.6) is 11.5 Å². The molecule has 5 heteroatoms. The molecule has 1 rings (SSSR count). The van der Waals surface area contributed by atoms with Crippen molar-refractivity contribution in [1.29, 1.82) is 0 Å². The van der Waals surface area contributed by atoms with E-state index in [1.54, 1.807) is 25.3 Å². The maximum absolute atomic E-state index is 11.8. The van der Waals surface area contributed by atoms with Crippen molar-refractivity contribution in [2.45, 2.75) is 6.42 Å². The van der Waals surface area contributed by atoms with Gasteiger partial charge in [0.1, 0.15) is 11.5 Å². The second-order valence-corrected chi connectivity index (χ2v) is 3.74. The summed E-state index contributed by atoms with van der Waals surface area (Å²) >= 11 is 5.54. The molecule has 1 aromatic carbocycles. The van der Waals surface area contributed by atoms with Crippen LogP contribution in [0.2, 0.25) is 0 Å². The lowest BCUT2D eigenvalue weighted by atomic mass is 10.1. The number of rotatable bonds is 6. The summed E-state index contributed by atoms with van der Waals surface area (Å²) in [6.45, 7) is 0.553. The van der Waals surface area contributed by atoms with Gasteiger partial charge in [-0.2, -0.15) is 0 Å². The summed E-state index contributed by atoms with van der Waals surface area (Å²) in [6, 6.07) is 5.07. The van der Waals surface area contributed by atoms with Crippen LogP contribution in [0.1, 0.15) is 16.8 Å². The first kappa shape index (κ1) is 13.6. The van der Waals surface area contributed by atoms with Crippen molar-refractivity contribution in [3.8, 4) is 11.5 Å². The number of hydrogen-bond donors (Lipinski definition) is 1. The van der Waals surface area contributed by atoms with E-state index in [0.717, 1.165) is 6.42 Å². The van der Waals surface area contributed by atoms with Crippen molar-refractivity contribution in [2.24, 2.45) is 0 Å². The van der Waals surface area contributed by atoms with Crippen molar-refractivity contribution < 1.29 is 14.3 Å². The molecule has 1 aromatic rings. The third-order valence-electron chi connectivity index (χ3n) is 2.25. The van der Waals surface area contributed by atoms with E-state index >= 15 is 0 Å². The second-order valence-electron chi connectivity index (χ2n) is 3.36. The quantitative estimate of drug-likeness (QED) is 0.627. The van der Waals surface area contributed by atoms with Crippen LogP contribution in [0.3, 0.4) is 0 Å². The summed E-state index contributed by atoms with van der Waals surface area (Å²) in [6.07, 6.45) is 0.742. The van der Waals surface area contributed by atoms with Gasteiger partial charge in [-0.3, -0.25) is 4.79 Å². The van der Waals surface area contributed by atoms with E-state index in [2.05, 4.69) is 5.32 Å². The van der Waals surface area contributed by atoms with Crippen LogP contribution in [-0.2, 0) is 0 Å². The van der Waals surface area contributed by atoms with Crippen molar-refractivity contribution in [1.82, 2.24) is 5.32 Å². The second kappa shape index (κ2) is 7.01. The minimum atomic E-state index is -0.172. The highest BCUT2D eigenvalue weighted by molar-refractivity contribution is 6.17. The average Bonchev–Trinajstić information content (AvgIpc) is 2.38. The molecule has 0 radical (unpaired) electrons. The number of nitrogens with one attached hydrogen (secondary N) is 1. The number of hydrogen-bond acceptors (Lipinski definition) is 3. The molecule has 1 N–H and O–H groups in total. The molecule has 0 unspecified atom stereocenters. The molecule has 0 aromatic heterocycles. The lowest BCUT2D eigenvalue weighted by Crippen LogP contribution is -2.25. The number of amides is 1.